The molecular weight excluding hydrogens is 482 g/mol. The number of anilines is 3. The highest BCUT2D eigenvalue weighted by Gasteiger charge is 2.30. The summed E-state index contributed by atoms with van der Waals surface area (Å²) >= 11 is 0. The molecule has 0 bridgehead atoms. The van der Waals surface area contributed by atoms with Gasteiger partial charge >= 0.3 is 6.18 Å². The summed E-state index contributed by atoms with van der Waals surface area (Å²) in [5.74, 6) is -0.966. The topological polar surface area (TPSA) is 104 Å². The Kier molecular flexibility index (Phi) is 9.08. The zero-order valence-electron chi connectivity index (χ0n) is 19.3. The van der Waals surface area contributed by atoms with Crippen molar-refractivity contribution in [1.29, 1.82) is 0 Å². The molecule has 1 aromatic heterocycles. The highest BCUT2D eigenvalue weighted by molar-refractivity contribution is 6.05. The van der Waals surface area contributed by atoms with E-state index in [-0.39, 0.29) is 23.0 Å². The molecule has 0 radical (unpaired) electrons. The van der Waals surface area contributed by atoms with E-state index in [2.05, 4.69) is 37.7 Å². The fourth-order valence-electron chi connectivity index (χ4n) is 3.08. The van der Waals surface area contributed by atoms with E-state index in [1.165, 1.54) is 24.4 Å². The van der Waals surface area contributed by atoms with E-state index in [9.17, 15) is 22.4 Å². The van der Waals surface area contributed by atoms with E-state index in [0.29, 0.717) is 26.3 Å². The molecule has 2 aromatic rings. The monoisotopic (exact) mass is 507 g/mol. The van der Waals surface area contributed by atoms with Gasteiger partial charge in [-0.25, -0.2) is 14.8 Å². The molecule has 1 saturated heterocycles. The van der Waals surface area contributed by atoms with Crippen molar-refractivity contribution in [3.8, 4) is 0 Å². The van der Waals surface area contributed by atoms with E-state index < -0.39 is 29.5 Å². The second-order valence-corrected chi connectivity index (χ2v) is 7.59. The lowest BCUT2D eigenvalue weighted by Crippen LogP contribution is -2.37. The lowest BCUT2D eigenvalue weighted by molar-refractivity contribution is -0.137. The highest BCUT2D eigenvalue weighted by atomic mass is 19.4. The number of alkyl halides is 3. The normalized spacial score (nSPS) is 15.3. The number of carbonyl (C=O) groups excluding carboxylic acids is 1. The van der Waals surface area contributed by atoms with Crippen LogP contribution in [0.3, 0.4) is 0 Å². The molecule has 36 heavy (non-hydrogen) atoms. The smallest absolute Gasteiger partial charge is 0.378 e. The Hall–Kier alpha value is -3.84. The van der Waals surface area contributed by atoms with E-state index in [0.717, 1.165) is 18.3 Å². The number of aromatic nitrogens is 2. The molecule has 1 aromatic carbocycles. The van der Waals surface area contributed by atoms with Gasteiger partial charge in [-0.3, -0.25) is 4.79 Å². The van der Waals surface area contributed by atoms with Crippen molar-refractivity contribution in [1.82, 2.24) is 15.3 Å². The number of hydrogen-bond donors (Lipinski definition) is 3. The van der Waals surface area contributed by atoms with Crippen LogP contribution in [0.2, 0.25) is 0 Å². The number of amides is 1. The van der Waals surface area contributed by atoms with Gasteiger partial charge in [0.05, 0.1) is 31.0 Å². The number of morpholine rings is 1. The molecule has 9 nitrogen and oxygen atoms in total. The van der Waals surface area contributed by atoms with E-state index >= 15 is 0 Å². The van der Waals surface area contributed by atoms with Gasteiger partial charge in [0.15, 0.2) is 11.6 Å². The van der Waals surface area contributed by atoms with E-state index in [1.807, 2.05) is 0 Å². The number of benzene rings is 1. The molecule has 1 unspecified atom stereocenters. The number of carbonyl (C=O) groups is 1. The fourth-order valence-corrected chi connectivity index (χ4v) is 3.08. The lowest BCUT2D eigenvalue weighted by Gasteiger charge is -2.27. The highest BCUT2D eigenvalue weighted by Crippen LogP contribution is 2.30. The predicted molar refractivity (Wildman–Crippen MR) is 128 cm³/mol. The van der Waals surface area contributed by atoms with Crippen LogP contribution in [0.4, 0.5) is 35.0 Å². The Balaban J connectivity index is 1.56. The second kappa shape index (κ2) is 12.2. The fraction of sp³-hybridized carbons (Fsp3) is 0.304. The maximum absolute atomic E-state index is 14.1. The van der Waals surface area contributed by atoms with Gasteiger partial charge in [-0.1, -0.05) is 24.8 Å². The van der Waals surface area contributed by atoms with Gasteiger partial charge in [0.1, 0.15) is 0 Å². The number of halogens is 4. The summed E-state index contributed by atoms with van der Waals surface area (Å²) in [6.45, 7) is 5.61. The van der Waals surface area contributed by atoms with E-state index in [4.69, 9.17) is 4.74 Å². The maximum atomic E-state index is 14.1. The first-order valence-electron chi connectivity index (χ1n) is 10.8. The Labute approximate surface area is 204 Å². The molecule has 192 valence electrons. The Morgan fingerprint density at radius 3 is 2.75 bits per heavy atom. The Bertz CT molecular complexity index is 1130. The quantitative estimate of drug-likeness (QED) is 0.157. The van der Waals surface area contributed by atoms with Gasteiger partial charge < -0.3 is 20.3 Å². The van der Waals surface area contributed by atoms with Crippen LogP contribution in [-0.2, 0) is 15.7 Å². The summed E-state index contributed by atoms with van der Waals surface area (Å²) in [6, 6.07) is 3.85. The number of hydrogen-bond acceptors (Lipinski definition) is 8. The minimum absolute atomic E-state index is 0.00366. The van der Waals surface area contributed by atoms with Crippen molar-refractivity contribution in [2.75, 3.05) is 49.0 Å². The van der Waals surface area contributed by atoms with Gasteiger partial charge in [0, 0.05) is 30.6 Å². The third-order valence-electron chi connectivity index (χ3n) is 5.01. The summed E-state index contributed by atoms with van der Waals surface area (Å²) in [4.78, 5) is 22.1. The Morgan fingerprint density at radius 2 is 2.06 bits per heavy atom. The van der Waals surface area contributed by atoms with Gasteiger partial charge in [-0.05, 0) is 25.2 Å². The van der Waals surface area contributed by atoms with Crippen molar-refractivity contribution >= 4 is 29.6 Å². The first-order chi connectivity index (χ1) is 17.2. The van der Waals surface area contributed by atoms with Crippen LogP contribution in [0, 0.1) is 5.82 Å². The first-order valence-corrected chi connectivity index (χ1v) is 10.8. The standard InChI is InChI=1S/C23H25F4N7O2/c1-15(21(35)31-17-5-3-4-16(12-17)23(25,26)27)6-7-18(28-2)13-30-33-22-29-14-19(24)20(32-22)34-8-10-36-11-9-34/h3-7,12-14,18,28H,1,8-11H2,2H3,(H,31,35)(H,29,32,33)/b7-6-,30-13+. The lowest BCUT2D eigenvalue weighted by atomic mass is 10.1. The van der Waals surface area contributed by atoms with Crippen LogP contribution in [0.25, 0.3) is 0 Å². The number of ether oxygens (including phenoxy) is 1. The van der Waals surface area contributed by atoms with Crippen LogP contribution < -0.4 is 21.0 Å². The SMILES string of the molecule is C=C(/C=C\C(/C=N/Nc1ncc(F)c(N2CCOCC2)n1)NC)C(=O)Nc1cccc(C(F)(F)F)c1. The van der Waals surface area contributed by atoms with Crippen LogP contribution in [0.1, 0.15) is 5.56 Å². The molecule has 0 saturated carbocycles. The van der Waals surface area contributed by atoms with Crippen LogP contribution in [0.15, 0.2) is 59.9 Å². The van der Waals surface area contributed by atoms with Gasteiger partial charge in [0.25, 0.3) is 5.91 Å². The number of nitrogens with one attached hydrogen (secondary N) is 3. The summed E-state index contributed by atoms with van der Waals surface area (Å²) in [5, 5.41) is 9.35. The zero-order chi connectivity index (χ0) is 26.1. The van der Waals surface area contributed by atoms with Gasteiger partial charge in [-0.2, -0.15) is 23.3 Å². The first kappa shape index (κ1) is 26.8. The second-order valence-electron chi connectivity index (χ2n) is 7.59. The minimum Gasteiger partial charge on any atom is -0.378 e. The molecule has 1 fully saturated rings. The molecule has 1 atom stereocenters. The average molecular weight is 507 g/mol. The van der Waals surface area contributed by atoms with Crippen molar-refractivity contribution in [2.45, 2.75) is 12.2 Å². The summed E-state index contributed by atoms with van der Waals surface area (Å²) < 4.78 is 57.9. The largest absolute Gasteiger partial charge is 0.416 e. The summed E-state index contributed by atoms with van der Waals surface area (Å²) in [7, 11) is 1.65. The summed E-state index contributed by atoms with van der Waals surface area (Å²) in [6.07, 6.45) is 0.965. The zero-order valence-corrected chi connectivity index (χ0v) is 19.3. The third kappa shape index (κ3) is 7.58. The average Bonchev–Trinajstić information content (AvgIpc) is 2.87. The minimum atomic E-state index is -4.52. The molecular formula is C23H25F4N7O2. The number of rotatable bonds is 9. The number of nitrogens with zero attached hydrogens (tertiary/aromatic N) is 4. The predicted octanol–water partition coefficient (Wildman–Crippen LogP) is 3.21. The maximum Gasteiger partial charge on any atom is 0.416 e. The van der Waals surface area contributed by atoms with Crippen LogP contribution >= 0.6 is 0 Å². The molecule has 3 rings (SSSR count). The number of hydrazone groups is 1. The molecule has 1 aliphatic heterocycles. The summed E-state index contributed by atoms with van der Waals surface area (Å²) in [5.41, 5.74) is 1.78. The van der Waals surface area contributed by atoms with Crippen molar-refractivity contribution in [3.63, 3.8) is 0 Å². The van der Waals surface area contributed by atoms with Crippen LogP contribution in [-0.4, -0.2) is 61.5 Å². The van der Waals surface area contributed by atoms with Crippen molar-refractivity contribution in [3.05, 3.63) is 66.1 Å². The molecule has 1 aliphatic rings. The Morgan fingerprint density at radius 1 is 1.31 bits per heavy atom. The molecule has 13 heteroatoms. The number of likely N-dealkylation sites (N-methyl/N-ethyl adjacent to an activating group) is 1. The van der Waals surface area contributed by atoms with Crippen molar-refractivity contribution in [2.24, 2.45) is 5.10 Å². The molecule has 0 aliphatic carbocycles. The molecule has 1 amide bonds. The molecule has 2 heterocycles. The van der Waals surface area contributed by atoms with Crippen molar-refractivity contribution < 1.29 is 27.1 Å². The molecule has 3 N–H and O–H groups in total. The molecule has 0 spiro atoms. The van der Waals surface area contributed by atoms with E-state index in [1.54, 1.807) is 18.0 Å². The third-order valence-corrected chi connectivity index (χ3v) is 5.01. The van der Waals surface area contributed by atoms with Gasteiger partial charge in [-0.15, -0.1) is 0 Å². The van der Waals surface area contributed by atoms with Crippen LogP contribution in [0.5, 0.6) is 0 Å². The van der Waals surface area contributed by atoms with Gasteiger partial charge in [0.2, 0.25) is 5.95 Å².